The molecule has 6 heteroatoms. The Hall–Kier alpha value is -2.81. The number of aromatic nitrogens is 2. The van der Waals surface area contributed by atoms with Crippen molar-refractivity contribution in [1.29, 1.82) is 5.26 Å². The van der Waals surface area contributed by atoms with Gasteiger partial charge in [-0.25, -0.2) is 9.97 Å². The molecule has 6 nitrogen and oxygen atoms in total. The molecule has 0 radical (unpaired) electrons. The largest absolute Gasteiger partial charge is 0.490 e. The number of ether oxygens (including phenoxy) is 1. The van der Waals surface area contributed by atoms with Gasteiger partial charge in [-0.1, -0.05) is 12.1 Å². The zero-order valence-electron chi connectivity index (χ0n) is 10.6. The van der Waals surface area contributed by atoms with Crippen LogP contribution in [-0.2, 0) is 0 Å². The van der Waals surface area contributed by atoms with Crippen molar-refractivity contribution >= 4 is 17.3 Å². The molecule has 3 N–H and O–H groups in total. The molecule has 19 heavy (non-hydrogen) atoms. The van der Waals surface area contributed by atoms with Crippen molar-refractivity contribution in [2.75, 3.05) is 18.2 Å². The van der Waals surface area contributed by atoms with Crippen LogP contribution >= 0.6 is 0 Å². The Kier molecular flexibility index (Phi) is 3.48. The lowest BCUT2D eigenvalue weighted by molar-refractivity contribution is 0.415. The molecule has 0 spiro atoms. The Morgan fingerprint density at radius 1 is 1.37 bits per heavy atom. The van der Waals surface area contributed by atoms with Gasteiger partial charge in [0.2, 0.25) is 5.75 Å². The summed E-state index contributed by atoms with van der Waals surface area (Å²) in [5.74, 6) is 1.02. The van der Waals surface area contributed by atoms with E-state index in [1.807, 2.05) is 19.1 Å². The lowest BCUT2D eigenvalue weighted by Gasteiger charge is -2.12. The van der Waals surface area contributed by atoms with Gasteiger partial charge in [-0.2, -0.15) is 5.26 Å². The highest BCUT2D eigenvalue weighted by Gasteiger charge is 2.12. The normalized spacial score (nSPS) is 9.74. The molecule has 0 aliphatic rings. The summed E-state index contributed by atoms with van der Waals surface area (Å²) < 4.78 is 5.16. The molecule has 0 aliphatic carbocycles. The number of benzene rings is 1. The van der Waals surface area contributed by atoms with Crippen molar-refractivity contribution in [1.82, 2.24) is 9.97 Å². The Labute approximate surface area is 110 Å². The zero-order valence-corrected chi connectivity index (χ0v) is 10.6. The molecule has 0 saturated carbocycles. The second-order valence-electron chi connectivity index (χ2n) is 3.88. The smallest absolute Gasteiger partial charge is 0.204 e. The van der Waals surface area contributed by atoms with Crippen molar-refractivity contribution in [2.45, 2.75) is 6.92 Å². The van der Waals surface area contributed by atoms with Gasteiger partial charge in [0.25, 0.3) is 0 Å². The van der Waals surface area contributed by atoms with Crippen molar-refractivity contribution in [2.24, 2.45) is 0 Å². The minimum absolute atomic E-state index is 0.242. The fourth-order valence-electron chi connectivity index (χ4n) is 1.73. The lowest BCUT2D eigenvalue weighted by Crippen LogP contribution is -2.04. The van der Waals surface area contributed by atoms with Crippen LogP contribution in [0.3, 0.4) is 0 Å². The number of methoxy groups -OCH3 is 1. The topological polar surface area (TPSA) is 96.8 Å². The third kappa shape index (κ3) is 2.40. The fraction of sp³-hybridized carbons (Fsp3) is 0.154. The van der Waals surface area contributed by atoms with E-state index in [1.54, 1.807) is 6.07 Å². The number of nitriles is 1. The number of hydrogen-bond donors (Lipinski definition) is 2. The van der Waals surface area contributed by atoms with Crippen LogP contribution in [0.1, 0.15) is 11.1 Å². The van der Waals surface area contributed by atoms with E-state index in [9.17, 15) is 5.26 Å². The molecular weight excluding hydrogens is 242 g/mol. The first-order valence-electron chi connectivity index (χ1n) is 5.58. The van der Waals surface area contributed by atoms with E-state index in [4.69, 9.17) is 10.5 Å². The van der Waals surface area contributed by atoms with E-state index in [2.05, 4.69) is 21.4 Å². The Morgan fingerprint density at radius 3 is 2.84 bits per heavy atom. The maximum absolute atomic E-state index is 9.18. The second-order valence-corrected chi connectivity index (χ2v) is 3.88. The molecule has 0 amide bonds. The van der Waals surface area contributed by atoms with Gasteiger partial charge in [-0.15, -0.1) is 0 Å². The molecule has 2 rings (SSSR count). The van der Waals surface area contributed by atoms with E-state index in [0.717, 1.165) is 5.56 Å². The predicted octanol–water partition coefficient (Wildman–Crippen LogP) is 1.99. The van der Waals surface area contributed by atoms with Crippen molar-refractivity contribution < 1.29 is 4.74 Å². The van der Waals surface area contributed by atoms with Gasteiger partial charge >= 0.3 is 0 Å². The van der Waals surface area contributed by atoms with Gasteiger partial charge in [-0.05, 0) is 18.6 Å². The van der Waals surface area contributed by atoms with Crippen LogP contribution in [0.2, 0.25) is 0 Å². The summed E-state index contributed by atoms with van der Waals surface area (Å²) in [4.78, 5) is 7.92. The molecule has 0 saturated heterocycles. The molecule has 1 aromatic heterocycles. The standard InChI is InChI=1S/C13H13N5O/c1-8-4-3-5-10(9(8)6-14)18-13-11(19-2)12(15)16-7-17-13/h3-5,7H,1-2H3,(H3,15,16,17,18). The minimum Gasteiger partial charge on any atom is -0.490 e. The van der Waals surface area contributed by atoms with Crippen LogP contribution < -0.4 is 15.8 Å². The molecule has 1 heterocycles. The summed E-state index contributed by atoms with van der Waals surface area (Å²) in [6, 6.07) is 7.68. The van der Waals surface area contributed by atoms with Gasteiger partial charge in [-0.3, -0.25) is 0 Å². The molecule has 1 aromatic carbocycles. The van der Waals surface area contributed by atoms with Crippen LogP contribution in [0.4, 0.5) is 17.3 Å². The Balaban J connectivity index is 2.46. The first-order chi connectivity index (χ1) is 9.17. The average Bonchev–Trinajstić information content (AvgIpc) is 2.39. The highest BCUT2D eigenvalue weighted by atomic mass is 16.5. The average molecular weight is 255 g/mol. The molecule has 96 valence electrons. The van der Waals surface area contributed by atoms with Crippen molar-refractivity contribution in [3.63, 3.8) is 0 Å². The molecule has 0 bridgehead atoms. The summed E-state index contributed by atoms with van der Waals surface area (Å²) in [6.45, 7) is 1.87. The molecule has 0 fully saturated rings. The number of anilines is 3. The maximum Gasteiger partial charge on any atom is 0.204 e. The zero-order chi connectivity index (χ0) is 13.8. The number of nitrogens with two attached hydrogens (primary N) is 1. The summed E-state index contributed by atoms with van der Waals surface area (Å²) in [7, 11) is 1.49. The van der Waals surface area contributed by atoms with E-state index in [-0.39, 0.29) is 5.82 Å². The van der Waals surface area contributed by atoms with Gasteiger partial charge in [0.05, 0.1) is 18.4 Å². The van der Waals surface area contributed by atoms with Gasteiger partial charge in [0.1, 0.15) is 12.4 Å². The molecule has 2 aromatic rings. The first-order valence-corrected chi connectivity index (χ1v) is 5.58. The van der Waals surface area contributed by atoms with Crippen LogP contribution in [-0.4, -0.2) is 17.1 Å². The van der Waals surface area contributed by atoms with E-state index < -0.39 is 0 Å². The number of aryl methyl sites for hydroxylation is 1. The number of nitrogens with zero attached hydrogens (tertiary/aromatic N) is 3. The summed E-state index contributed by atoms with van der Waals surface area (Å²) >= 11 is 0. The highest BCUT2D eigenvalue weighted by Crippen LogP contribution is 2.30. The quantitative estimate of drug-likeness (QED) is 0.870. The number of nitrogens with one attached hydrogen (secondary N) is 1. The summed E-state index contributed by atoms with van der Waals surface area (Å²) in [5, 5.41) is 12.2. The fourth-order valence-corrected chi connectivity index (χ4v) is 1.73. The maximum atomic E-state index is 9.18. The number of rotatable bonds is 3. The van der Waals surface area contributed by atoms with E-state index in [1.165, 1.54) is 13.4 Å². The van der Waals surface area contributed by atoms with E-state index in [0.29, 0.717) is 22.8 Å². The van der Waals surface area contributed by atoms with Crippen molar-refractivity contribution in [3.05, 3.63) is 35.7 Å². The summed E-state index contributed by atoms with van der Waals surface area (Å²) in [5.41, 5.74) is 7.80. The highest BCUT2D eigenvalue weighted by molar-refractivity contribution is 5.72. The second kappa shape index (κ2) is 5.23. The monoisotopic (exact) mass is 255 g/mol. The minimum atomic E-state index is 0.242. The van der Waals surface area contributed by atoms with Crippen LogP contribution in [0, 0.1) is 18.3 Å². The molecule has 0 atom stereocenters. The SMILES string of the molecule is COc1c(N)ncnc1Nc1cccc(C)c1C#N. The van der Waals surface area contributed by atoms with Crippen molar-refractivity contribution in [3.8, 4) is 11.8 Å². The summed E-state index contributed by atoms with van der Waals surface area (Å²) in [6.07, 6.45) is 1.34. The third-order valence-electron chi connectivity index (χ3n) is 2.67. The number of hydrogen-bond acceptors (Lipinski definition) is 6. The van der Waals surface area contributed by atoms with Gasteiger partial charge in [0, 0.05) is 0 Å². The Morgan fingerprint density at radius 2 is 2.16 bits per heavy atom. The molecule has 0 unspecified atom stereocenters. The van der Waals surface area contributed by atoms with E-state index >= 15 is 0 Å². The molecule has 0 aliphatic heterocycles. The third-order valence-corrected chi connectivity index (χ3v) is 2.67. The van der Waals surface area contributed by atoms with Crippen LogP contribution in [0.15, 0.2) is 24.5 Å². The first kappa shape index (κ1) is 12.6. The van der Waals surface area contributed by atoms with Crippen LogP contribution in [0.5, 0.6) is 5.75 Å². The molecular formula is C13H13N5O. The number of nitrogen functional groups attached to an aromatic ring is 1. The predicted molar refractivity (Wildman–Crippen MR) is 72.2 cm³/mol. The lowest BCUT2D eigenvalue weighted by atomic mass is 10.1. The van der Waals surface area contributed by atoms with Gasteiger partial charge < -0.3 is 15.8 Å². The van der Waals surface area contributed by atoms with Gasteiger partial charge in [0.15, 0.2) is 11.6 Å². The Bertz CT molecular complexity index is 648. The van der Waals surface area contributed by atoms with Crippen LogP contribution in [0.25, 0.3) is 0 Å².